The minimum absolute atomic E-state index is 0.00145. The van der Waals surface area contributed by atoms with E-state index in [9.17, 15) is 32.3 Å². The summed E-state index contributed by atoms with van der Waals surface area (Å²) in [5.74, 6) is 2.74. The predicted molar refractivity (Wildman–Crippen MR) is 548 cm³/mol. The van der Waals surface area contributed by atoms with Gasteiger partial charge in [0, 0.05) is 105 Å². The van der Waals surface area contributed by atoms with Crippen molar-refractivity contribution in [3.05, 3.63) is 373 Å². The number of ether oxygens (including phenoxy) is 4. The summed E-state index contributed by atoms with van der Waals surface area (Å²) in [7, 11) is 6.40. The van der Waals surface area contributed by atoms with Gasteiger partial charge in [-0.3, -0.25) is 19.2 Å². The molecule has 4 aliphatic heterocycles. The molecule has 4 unspecified atom stereocenters. The first-order valence-electron chi connectivity index (χ1n) is 44.9. The summed E-state index contributed by atoms with van der Waals surface area (Å²) in [5.41, 5.74) is 16.5. The van der Waals surface area contributed by atoms with Crippen LogP contribution in [0.5, 0.6) is 23.0 Å². The van der Waals surface area contributed by atoms with E-state index >= 15 is 0 Å². The third-order valence-corrected chi connectivity index (χ3v) is 27.2. The Morgan fingerprint density at radius 3 is 0.816 bits per heavy atom. The lowest BCUT2D eigenvalue weighted by Crippen LogP contribution is -2.51. The number of carbonyl (C=O) groups is 4. The van der Waals surface area contributed by atoms with Crippen molar-refractivity contribution in [2.45, 2.75) is 110 Å². The highest BCUT2D eigenvalue weighted by atomic mass is 35.5. The van der Waals surface area contributed by atoms with Gasteiger partial charge in [-0.1, -0.05) is 229 Å². The molecule has 4 amide bonds. The molecule has 0 radical (unpaired) electrons. The van der Waals surface area contributed by atoms with Crippen LogP contribution in [0, 0.1) is 27.7 Å². The number of benzene rings is 12. The van der Waals surface area contributed by atoms with Gasteiger partial charge < -0.3 is 58.1 Å². The second kappa shape index (κ2) is 46.5. The van der Waals surface area contributed by atoms with Gasteiger partial charge in [0.05, 0.1) is 127 Å². The Morgan fingerprint density at radius 2 is 0.559 bits per heavy atom. The third-order valence-electron chi connectivity index (χ3n) is 25.0. The molecule has 0 spiro atoms. The normalized spacial score (nSPS) is 16.2. The summed E-state index contributed by atoms with van der Waals surface area (Å²) in [6.45, 7) is 21.8. The lowest BCUT2D eigenvalue weighted by atomic mass is 9.86. The van der Waals surface area contributed by atoms with E-state index in [-0.39, 0.29) is 66.1 Å². The molecule has 4 heterocycles. The molecule has 0 aliphatic carbocycles. The maximum Gasteiger partial charge on any atom is 0.416 e. The minimum atomic E-state index is -4.40. The molecule has 712 valence electrons. The number of aryl methyl sites for hydroxylation is 4. The zero-order valence-electron chi connectivity index (χ0n) is 77.9. The molecule has 27 heteroatoms. The van der Waals surface area contributed by atoms with Gasteiger partial charge in [0.25, 0.3) is 0 Å². The molecule has 4 aliphatic rings. The maximum atomic E-state index is 13.3. The van der Waals surface area contributed by atoms with Crippen LogP contribution in [-0.4, -0.2) is 150 Å². The van der Waals surface area contributed by atoms with Crippen LogP contribution in [-0.2, 0) is 56.5 Å². The highest BCUT2D eigenvalue weighted by Gasteiger charge is 2.38. The van der Waals surface area contributed by atoms with E-state index in [1.54, 1.807) is 39.4 Å². The average Bonchev–Trinajstić information content (AvgIpc) is 0.796. The summed E-state index contributed by atoms with van der Waals surface area (Å²) < 4.78 is 59.9. The number of piperazine rings is 4. The number of carbonyl (C=O) groups excluding carboxylic acids is 4. The Labute approximate surface area is 836 Å². The van der Waals surface area contributed by atoms with Crippen molar-refractivity contribution in [2.24, 2.45) is 0 Å². The van der Waals surface area contributed by atoms with Crippen molar-refractivity contribution in [3.8, 4) is 23.0 Å². The summed E-state index contributed by atoms with van der Waals surface area (Å²) in [6, 6.07) is 79.3. The molecule has 136 heavy (non-hydrogen) atoms. The lowest BCUT2D eigenvalue weighted by Gasteiger charge is -2.43. The van der Waals surface area contributed by atoms with Crippen LogP contribution < -0.4 is 38.5 Å². The van der Waals surface area contributed by atoms with Crippen LogP contribution in [0.4, 0.5) is 35.9 Å². The first-order chi connectivity index (χ1) is 65.0. The summed E-state index contributed by atoms with van der Waals surface area (Å²) in [5, 5.41) is 5.48. The van der Waals surface area contributed by atoms with Crippen molar-refractivity contribution < 1.29 is 51.3 Å². The van der Waals surface area contributed by atoms with Crippen molar-refractivity contribution in [1.29, 1.82) is 0 Å². The molecule has 16 nitrogen and oxygen atoms in total. The summed E-state index contributed by atoms with van der Waals surface area (Å²) >= 11 is 51.0. The topological polar surface area (TPSA) is 131 Å². The van der Waals surface area contributed by atoms with Gasteiger partial charge in [-0.2, -0.15) is 13.2 Å². The van der Waals surface area contributed by atoms with Crippen LogP contribution in [0.25, 0.3) is 0 Å². The smallest absolute Gasteiger partial charge is 0.416 e. The summed E-state index contributed by atoms with van der Waals surface area (Å²) in [4.78, 5) is 69.6. The van der Waals surface area contributed by atoms with Gasteiger partial charge in [-0.15, -0.1) is 0 Å². The maximum absolute atomic E-state index is 13.3. The highest BCUT2D eigenvalue weighted by molar-refractivity contribution is 6.35. The van der Waals surface area contributed by atoms with E-state index in [0.29, 0.717) is 155 Å². The fraction of sp³-hybridized carbons (Fsp3) is 0.303. The molecule has 4 fully saturated rings. The number of anilines is 4. The van der Waals surface area contributed by atoms with Crippen LogP contribution in [0.2, 0.25) is 40.2 Å². The van der Waals surface area contributed by atoms with Crippen LogP contribution in [0.1, 0.15) is 123 Å². The van der Waals surface area contributed by atoms with Gasteiger partial charge in [-0.25, -0.2) is 0 Å². The van der Waals surface area contributed by atoms with Crippen molar-refractivity contribution in [3.63, 3.8) is 0 Å². The number of amides is 4. The lowest BCUT2D eigenvalue weighted by molar-refractivity contribution is -0.137. The van der Waals surface area contributed by atoms with Crippen LogP contribution >= 0.6 is 92.8 Å². The Hall–Kier alpha value is -11.0. The molecular weight excluding hydrogens is 1890 g/mol. The monoisotopic (exact) mass is 2000 g/mol. The molecule has 12 aromatic carbocycles. The van der Waals surface area contributed by atoms with E-state index in [0.717, 1.165) is 101 Å². The largest absolute Gasteiger partial charge is 0.497 e. The number of hydrogen-bond donors (Lipinski definition) is 0. The Morgan fingerprint density at radius 1 is 0.294 bits per heavy atom. The first kappa shape index (κ1) is 102. The number of halogens is 11. The Balaban J connectivity index is 0.000000153. The van der Waals surface area contributed by atoms with Crippen molar-refractivity contribution >= 4 is 139 Å². The van der Waals surface area contributed by atoms with Gasteiger partial charge in [0.2, 0.25) is 23.6 Å². The molecule has 4 saturated heterocycles. The zero-order chi connectivity index (χ0) is 97.4. The molecule has 12 aromatic rings. The fourth-order valence-corrected chi connectivity index (χ4v) is 19.4. The standard InChI is InChI=1S/C29H32Cl2N2O.2C27H28Cl2N2O3.C26H23Cl2F3N2O/c1-20-5-14-26(25(31)17-20)33-16-15-32(19-27(33)22-8-12-24(30)13-9-22)28(34)18-21-6-10-23(11-7-21)29(2,3)4;1-18-4-10-23(22(29)14-18)31-13-12-30(17-24(31)20-6-8-21(28)9-7-20)27(32)16-19-5-11-25(33-2)26(15-19)34-3;1-18-4-9-25(24(29)12-18)31-11-10-30(17-26(31)20-5-7-21(28)8-6-20)27(32)15-19-13-22(33-2)16-23(14-19)34-3;1-17-2-11-23(22(28)14-17)33-13-12-32(16-24(33)19-5-9-21(27)10-6-19)25(34)15-18-3-7-20(8-4-18)26(29,30)31/h5-14,17,27H,15-16,18-19H2,1-4H3;4-11,14-15,24H,12-13,16-17H2,1-3H3;4-9,12-14,16,26H,10-11,15,17H2,1-3H3;2-11,14,24H,12-13,15-16H2,1H3. The number of nitrogens with zero attached hydrogens (tertiary/aromatic N) is 8. The molecule has 0 saturated carbocycles. The van der Waals surface area contributed by atoms with Gasteiger partial charge >= 0.3 is 6.18 Å². The molecular formula is C109H111Cl8F3N8O8. The quantitative estimate of drug-likeness (QED) is 0.0720. The summed E-state index contributed by atoms with van der Waals surface area (Å²) in [6.07, 6.45) is -3.40. The number of alkyl halides is 3. The second-order valence-electron chi connectivity index (χ2n) is 35.5. The molecule has 16 rings (SSSR count). The SMILES string of the molecule is COc1cc(CC(=O)N2CCN(c3ccc(C)cc3Cl)C(c3ccc(Cl)cc3)C2)cc(OC)c1.COc1ccc(CC(=O)N2CCN(c3ccc(C)cc3Cl)C(c3ccc(Cl)cc3)C2)cc1OC.Cc1ccc(N2CCN(C(=O)Cc3ccc(C(C)(C)C)cc3)CC2c2ccc(Cl)cc2)c(Cl)c1.Cc1ccc(N2CCN(C(=O)Cc3ccc(C(F)(F)F)cc3)CC2c2ccc(Cl)cc2)c(Cl)c1. The molecule has 0 N–H and O–H groups in total. The number of rotatable bonds is 20. The van der Waals surface area contributed by atoms with E-state index in [2.05, 4.69) is 101 Å². The minimum Gasteiger partial charge on any atom is -0.497 e. The Bertz CT molecular complexity index is 5930. The third kappa shape index (κ3) is 26.7. The first-order valence-corrected chi connectivity index (χ1v) is 48.0. The molecule has 4 atom stereocenters. The highest BCUT2D eigenvalue weighted by Crippen LogP contribution is 2.44. The van der Waals surface area contributed by atoms with E-state index in [1.807, 2.05) is 206 Å². The van der Waals surface area contributed by atoms with Crippen molar-refractivity contribution in [2.75, 3.05) is 127 Å². The van der Waals surface area contributed by atoms with E-state index in [4.69, 9.17) is 112 Å². The van der Waals surface area contributed by atoms with Crippen LogP contribution in [0.15, 0.2) is 255 Å². The Kier molecular flexibility index (Phi) is 35.0. The fourth-order valence-electron chi connectivity index (χ4n) is 17.5. The van der Waals surface area contributed by atoms with Gasteiger partial charge in [0.15, 0.2) is 11.5 Å². The molecule has 0 aromatic heterocycles. The van der Waals surface area contributed by atoms with Crippen molar-refractivity contribution in [1.82, 2.24) is 19.6 Å². The number of methoxy groups -OCH3 is 4. The van der Waals surface area contributed by atoms with Crippen LogP contribution in [0.3, 0.4) is 0 Å². The van der Waals surface area contributed by atoms with E-state index < -0.39 is 11.7 Å². The molecule has 0 bridgehead atoms. The van der Waals surface area contributed by atoms with E-state index in [1.165, 1.54) is 17.7 Å². The average molecular weight is 2000 g/mol. The second-order valence-corrected chi connectivity index (χ2v) is 38.9. The zero-order valence-corrected chi connectivity index (χ0v) is 83.9. The predicted octanol–water partition coefficient (Wildman–Crippen LogP) is 26.1. The number of hydrogen-bond acceptors (Lipinski definition) is 12. The van der Waals surface area contributed by atoms with Gasteiger partial charge in [0.1, 0.15) is 11.5 Å². The van der Waals surface area contributed by atoms with Gasteiger partial charge in [-0.05, 0) is 239 Å².